The first-order valence-corrected chi connectivity index (χ1v) is 5.97. The number of rotatable bonds is 5. The summed E-state index contributed by atoms with van der Waals surface area (Å²) in [5.41, 5.74) is 0.612. The fourth-order valence-corrected chi connectivity index (χ4v) is 1.56. The molecule has 0 aliphatic heterocycles. The molecule has 0 amide bonds. The van der Waals surface area contributed by atoms with Crippen LogP contribution in [-0.4, -0.2) is 28.0 Å². The molecule has 0 saturated heterocycles. The SMILES string of the molecule is COc1cn(-c2ncccc2F)nc1COC(C)C. The Balaban J connectivity index is 2.31. The third-order valence-corrected chi connectivity index (χ3v) is 2.48. The standard InChI is InChI=1S/C13H16FN3O2/c1-9(2)19-8-11-12(18-3)7-17(16-11)13-10(14)5-4-6-15-13/h4-7,9H,8H2,1-3H3. The monoisotopic (exact) mass is 265 g/mol. The van der Waals surface area contributed by atoms with Crippen molar-refractivity contribution < 1.29 is 13.9 Å². The van der Waals surface area contributed by atoms with Crippen LogP contribution in [-0.2, 0) is 11.3 Å². The lowest BCUT2D eigenvalue weighted by atomic mass is 10.4. The zero-order valence-electron chi connectivity index (χ0n) is 11.1. The maximum Gasteiger partial charge on any atom is 0.189 e. The van der Waals surface area contributed by atoms with E-state index in [-0.39, 0.29) is 11.9 Å². The summed E-state index contributed by atoms with van der Waals surface area (Å²) in [6.07, 6.45) is 3.18. The first-order valence-electron chi connectivity index (χ1n) is 5.97. The second kappa shape index (κ2) is 5.79. The van der Waals surface area contributed by atoms with E-state index >= 15 is 0 Å². The molecular weight excluding hydrogens is 249 g/mol. The molecule has 0 bridgehead atoms. The predicted octanol–water partition coefficient (Wildman–Crippen LogP) is 2.34. The van der Waals surface area contributed by atoms with Gasteiger partial charge in [0.25, 0.3) is 0 Å². The Labute approximate surface area is 111 Å². The molecule has 0 fully saturated rings. The van der Waals surface area contributed by atoms with Crippen molar-refractivity contribution >= 4 is 0 Å². The number of hydrogen-bond acceptors (Lipinski definition) is 4. The molecule has 0 radical (unpaired) electrons. The number of aromatic nitrogens is 3. The molecule has 19 heavy (non-hydrogen) atoms. The molecule has 102 valence electrons. The minimum atomic E-state index is -0.441. The summed E-state index contributed by atoms with van der Waals surface area (Å²) in [5, 5.41) is 4.25. The Hall–Kier alpha value is -1.95. The van der Waals surface area contributed by atoms with Crippen LogP contribution < -0.4 is 4.74 Å². The number of hydrogen-bond donors (Lipinski definition) is 0. The molecule has 0 unspecified atom stereocenters. The van der Waals surface area contributed by atoms with Crippen molar-refractivity contribution in [3.63, 3.8) is 0 Å². The number of ether oxygens (including phenoxy) is 2. The van der Waals surface area contributed by atoms with Crippen molar-refractivity contribution in [3.8, 4) is 11.6 Å². The molecule has 0 aliphatic rings. The van der Waals surface area contributed by atoms with Gasteiger partial charge in [0.1, 0.15) is 5.69 Å². The van der Waals surface area contributed by atoms with Crippen LogP contribution in [0.5, 0.6) is 5.75 Å². The van der Waals surface area contributed by atoms with Gasteiger partial charge in [-0.25, -0.2) is 14.1 Å². The van der Waals surface area contributed by atoms with Crippen molar-refractivity contribution in [2.45, 2.75) is 26.6 Å². The fraction of sp³-hybridized carbons (Fsp3) is 0.385. The third kappa shape index (κ3) is 3.08. The number of pyridine rings is 1. The van der Waals surface area contributed by atoms with Crippen molar-refractivity contribution in [3.05, 3.63) is 36.0 Å². The average molecular weight is 265 g/mol. The van der Waals surface area contributed by atoms with Crippen LogP contribution in [0.4, 0.5) is 4.39 Å². The van der Waals surface area contributed by atoms with E-state index < -0.39 is 5.82 Å². The van der Waals surface area contributed by atoms with E-state index in [1.807, 2.05) is 13.8 Å². The van der Waals surface area contributed by atoms with E-state index in [2.05, 4.69) is 10.1 Å². The van der Waals surface area contributed by atoms with E-state index in [4.69, 9.17) is 9.47 Å². The van der Waals surface area contributed by atoms with Crippen molar-refractivity contribution in [1.29, 1.82) is 0 Å². The fourth-order valence-electron chi connectivity index (χ4n) is 1.56. The van der Waals surface area contributed by atoms with E-state index in [1.165, 1.54) is 30.1 Å². The zero-order valence-corrected chi connectivity index (χ0v) is 11.1. The van der Waals surface area contributed by atoms with E-state index in [0.29, 0.717) is 18.1 Å². The second-order valence-electron chi connectivity index (χ2n) is 4.26. The molecule has 5 nitrogen and oxygen atoms in total. The van der Waals surface area contributed by atoms with Gasteiger partial charge in [-0.1, -0.05) is 0 Å². The van der Waals surface area contributed by atoms with E-state index in [1.54, 1.807) is 6.20 Å². The van der Waals surface area contributed by atoms with Crippen LogP contribution >= 0.6 is 0 Å². The van der Waals surface area contributed by atoms with Gasteiger partial charge in [0.05, 0.1) is 26.0 Å². The van der Waals surface area contributed by atoms with Gasteiger partial charge in [-0.05, 0) is 26.0 Å². The highest BCUT2D eigenvalue weighted by molar-refractivity contribution is 5.31. The molecule has 0 spiro atoms. The topological polar surface area (TPSA) is 49.2 Å². The van der Waals surface area contributed by atoms with Crippen molar-refractivity contribution in [2.24, 2.45) is 0 Å². The largest absolute Gasteiger partial charge is 0.493 e. The molecular formula is C13H16FN3O2. The van der Waals surface area contributed by atoms with Gasteiger partial charge in [0.2, 0.25) is 0 Å². The molecule has 2 rings (SSSR count). The Bertz CT molecular complexity index is 555. The number of methoxy groups -OCH3 is 1. The summed E-state index contributed by atoms with van der Waals surface area (Å²) >= 11 is 0. The summed E-state index contributed by atoms with van der Waals surface area (Å²) < 4.78 is 25.7. The number of nitrogens with zero attached hydrogens (tertiary/aromatic N) is 3. The molecule has 0 atom stereocenters. The van der Waals surface area contributed by atoms with Gasteiger partial charge < -0.3 is 9.47 Å². The number of halogens is 1. The van der Waals surface area contributed by atoms with Crippen LogP contribution in [0.1, 0.15) is 19.5 Å². The normalized spacial score (nSPS) is 11.0. The summed E-state index contributed by atoms with van der Waals surface area (Å²) in [4.78, 5) is 3.96. The van der Waals surface area contributed by atoms with Crippen molar-refractivity contribution in [1.82, 2.24) is 14.8 Å². The highest BCUT2D eigenvalue weighted by Gasteiger charge is 2.14. The lowest BCUT2D eigenvalue weighted by molar-refractivity contribution is 0.0621. The molecule has 0 aromatic carbocycles. The smallest absolute Gasteiger partial charge is 0.189 e. The molecule has 0 aliphatic carbocycles. The molecule has 2 aromatic heterocycles. The Morgan fingerprint density at radius 1 is 1.42 bits per heavy atom. The van der Waals surface area contributed by atoms with Gasteiger partial charge >= 0.3 is 0 Å². The summed E-state index contributed by atoms with van der Waals surface area (Å²) in [7, 11) is 1.54. The van der Waals surface area contributed by atoms with Crippen LogP contribution in [0.15, 0.2) is 24.5 Å². The lowest BCUT2D eigenvalue weighted by Gasteiger charge is -2.06. The van der Waals surface area contributed by atoms with Gasteiger partial charge in [-0.15, -0.1) is 0 Å². The molecule has 6 heteroatoms. The van der Waals surface area contributed by atoms with Gasteiger partial charge in [0, 0.05) is 6.20 Å². The highest BCUT2D eigenvalue weighted by atomic mass is 19.1. The summed E-state index contributed by atoms with van der Waals surface area (Å²) in [6.45, 7) is 4.17. The van der Waals surface area contributed by atoms with Gasteiger partial charge in [-0.3, -0.25) is 0 Å². The minimum absolute atomic E-state index is 0.0847. The molecule has 0 saturated carbocycles. The Kier molecular flexibility index (Phi) is 4.11. The van der Waals surface area contributed by atoms with Crippen LogP contribution in [0.2, 0.25) is 0 Å². The van der Waals surface area contributed by atoms with Gasteiger partial charge in [-0.2, -0.15) is 5.10 Å². The summed E-state index contributed by atoms with van der Waals surface area (Å²) in [5.74, 6) is 0.242. The van der Waals surface area contributed by atoms with Gasteiger partial charge in [0.15, 0.2) is 17.4 Å². The minimum Gasteiger partial charge on any atom is -0.493 e. The quantitative estimate of drug-likeness (QED) is 0.832. The lowest BCUT2D eigenvalue weighted by Crippen LogP contribution is -2.05. The van der Waals surface area contributed by atoms with E-state index in [9.17, 15) is 4.39 Å². The van der Waals surface area contributed by atoms with Crippen molar-refractivity contribution in [2.75, 3.05) is 7.11 Å². The first-order chi connectivity index (χ1) is 9.11. The highest BCUT2D eigenvalue weighted by Crippen LogP contribution is 2.20. The van der Waals surface area contributed by atoms with Crippen LogP contribution in [0.25, 0.3) is 5.82 Å². The van der Waals surface area contributed by atoms with E-state index in [0.717, 1.165) is 0 Å². The maximum atomic E-state index is 13.6. The average Bonchev–Trinajstić information content (AvgIpc) is 2.80. The molecule has 2 aromatic rings. The molecule has 0 N–H and O–H groups in total. The van der Waals surface area contributed by atoms with Crippen LogP contribution in [0.3, 0.4) is 0 Å². The third-order valence-electron chi connectivity index (χ3n) is 2.48. The predicted molar refractivity (Wildman–Crippen MR) is 67.8 cm³/mol. The molecule has 2 heterocycles. The van der Waals surface area contributed by atoms with Crippen LogP contribution in [0, 0.1) is 5.82 Å². The first kappa shape index (κ1) is 13.5. The second-order valence-corrected chi connectivity index (χ2v) is 4.26. The zero-order chi connectivity index (χ0) is 13.8. The maximum absolute atomic E-state index is 13.6. The Morgan fingerprint density at radius 3 is 2.84 bits per heavy atom. The Morgan fingerprint density at radius 2 is 2.21 bits per heavy atom. The summed E-state index contributed by atoms with van der Waals surface area (Å²) in [6, 6.07) is 2.86.